The molecule has 0 unspecified atom stereocenters. The number of carbonyl (C=O) groups is 1. The molecule has 0 heterocycles. The molecule has 0 atom stereocenters. The van der Waals surface area contributed by atoms with E-state index in [1.165, 1.54) is 12.1 Å². The monoisotopic (exact) mass is 262 g/mol. The summed E-state index contributed by atoms with van der Waals surface area (Å²) in [6.07, 6.45) is 1.62. The van der Waals surface area contributed by atoms with Gasteiger partial charge in [-0.1, -0.05) is 27.5 Å². The molecule has 0 fully saturated rings. The first kappa shape index (κ1) is 10.4. The summed E-state index contributed by atoms with van der Waals surface area (Å²) in [5.74, 6) is -0.461. The lowest BCUT2D eigenvalue weighted by molar-refractivity contribution is -0.104. The molecular weight excluding hydrogens is 258 g/mol. The van der Waals surface area contributed by atoms with E-state index in [1.54, 1.807) is 6.07 Å². The Hall–Kier alpha value is -0.670. The normalized spacial score (nSPS) is 11.5. The van der Waals surface area contributed by atoms with Crippen molar-refractivity contribution in [1.82, 2.24) is 0 Å². The van der Waals surface area contributed by atoms with E-state index in [-0.39, 0.29) is 10.6 Å². The molecule has 68 valence electrons. The molecule has 1 aromatic carbocycles. The predicted octanol–water partition coefficient (Wildman–Crippen LogP) is 3.37. The van der Waals surface area contributed by atoms with Crippen molar-refractivity contribution in [3.8, 4) is 0 Å². The van der Waals surface area contributed by atoms with Crippen LogP contribution < -0.4 is 0 Å². The van der Waals surface area contributed by atoms with Crippen molar-refractivity contribution >= 4 is 38.8 Å². The first-order valence-electron chi connectivity index (χ1n) is 3.41. The highest BCUT2D eigenvalue weighted by molar-refractivity contribution is 9.10. The fourth-order valence-corrected chi connectivity index (χ4v) is 1.37. The van der Waals surface area contributed by atoms with E-state index in [1.807, 2.05) is 0 Å². The van der Waals surface area contributed by atoms with Crippen LogP contribution in [0.15, 0.2) is 28.7 Å². The third-order valence-corrected chi connectivity index (χ3v) is 2.23. The fraction of sp³-hybridized carbons (Fsp3) is 0. The molecule has 1 nitrogen and oxygen atoms in total. The van der Waals surface area contributed by atoms with Crippen LogP contribution in [-0.4, -0.2) is 6.29 Å². The van der Waals surface area contributed by atoms with Crippen LogP contribution in [0.25, 0.3) is 5.03 Å². The number of rotatable bonds is 2. The molecule has 0 aromatic heterocycles. The minimum absolute atomic E-state index is 0.0972. The standard InChI is InChI=1S/C9H5BrClFO/c10-6-1-2-7(9(12)5-6)8(11)3-4-13/h1-5H/b8-3-. The van der Waals surface area contributed by atoms with Gasteiger partial charge in [-0.2, -0.15) is 0 Å². The van der Waals surface area contributed by atoms with E-state index in [4.69, 9.17) is 11.6 Å². The predicted molar refractivity (Wildman–Crippen MR) is 54.0 cm³/mol. The molecule has 0 aliphatic carbocycles. The van der Waals surface area contributed by atoms with Crippen LogP contribution in [0.4, 0.5) is 4.39 Å². The Balaban J connectivity index is 3.15. The maximum absolute atomic E-state index is 13.2. The molecule has 0 saturated heterocycles. The van der Waals surface area contributed by atoms with Gasteiger partial charge in [-0.3, -0.25) is 4.79 Å². The van der Waals surface area contributed by atoms with E-state index in [0.717, 1.165) is 6.08 Å². The van der Waals surface area contributed by atoms with Gasteiger partial charge in [0.25, 0.3) is 0 Å². The van der Waals surface area contributed by atoms with Crippen LogP contribution in [0.2, 0.25) is 0 Å². The van der Waals surface area contributed by atoms with Crippen LogP contribution in [0.5, 0.6) is 0 Å². The highest BCUT2D eigenvalue weighted by Crippen LogP contribution is 2.24. The van der Waals surface area contributed by atoms with E-state index >= 15 is 0 Å². The molecule has 0 aliphatic heterocycles. The summed E-state index contributed by atoms with van der Waals surface area (Å²) in [6, 6.07) is 4.44. The van der Waals surface area contributed by atoms with Crippen LogP contribution in [0, 0.1) is 5.82 Å². The topological polar surface area (TPSA) is 17.1 Å². The third kappa shape index (κ3) is 2.64. The van der Waals surface area contributed by atoms with Crippen LogP contribution in [-0.2, 0) is 4.79 Å². The minimum atomic E-state index is -0.461. The van der Waals surface area contributed by atoms with Gasteiger partial charge in [0, 0.05) is 10.0 Å². The van der Waals surface area contributed by atoms with Gasteiger partial charge in [-0.15, -0.1) is 0 Å². The number of allylic oxidation sites excluding steroid dienone is 1. The summed E-state index contributed by atoms with van der Waals surface area (Å²) in [5.41, 5.74) is 0.219. The summed E-state index contributed by atoms with van der Waals surface area (Å²) < 4.78 is 13.8. The fourth-order valence-electron chi connectivity index (χ4n) is 0.833. The summed E-state index contributed by atoms with van der Waals surface area (Å²) >= 11 is 8.75. The first-order valence-corrected chi connectivity index (χ1v) is 4.58. The van der Waals surface area contributed by atoms with E-state index in [0.29, 0.717) is 10.8 Å². The lowest BCUT2D eigenvalue weighted by Gasteiger charge is -2.00. The lowest BCUT2D eigenvalue weighted by atomic mass is 10.2. The summed E-state index contributed by atoms with van der Waals surface area (Å²) in [7, 11) is 0. The smallest absolute Gasteiger partial charge is 0.144 e. The number of carbonyl (C=O) groups excluding carboxylic acids is 1. The van der Waals surface area contributed by atoms with Gasteiger partial charge < -0.3 is 0 Å². The van der Waals surface area contributed by atoms with Crippen molar-refractivity contribution in [2.24, 2.45) is 0 Å². The van der Waals surface area contributed by atoms with E-state index in [9.17, 15) is 9.18 Å². The van der Waals surface area contributed by atoms with Crippen molar-refractivity contribution in [2.75, 3.05) is 0 Å². The number of halogens is 3. The molecule has 0 bridgehead atoms. The molecule has 0 aliphatic rings. The zero-order chi connectivity index (χ0) is 9.84. The number of aldehydes is 1. The van der Waals surface area contributed by atoms with Gasteiger partial charge in [0.05, 0.1) is 5.03 Å². The molecule has 0 radical (unpaired) electrons. The van der Waals surface area contributed by atoms with Gasteiger partial charge in [-0.05, 0) is 24.3 Å². The lowest BCUT2D eigenvalue weighted by Crippen LogP contribution is -1.85. The average molecular weight is 263 g/mol. The Morgan fingerprint density at radius 3 is 2.77 bits per heavy atom. The molecule has 13 heavy (non-hydrogen) atoms. The van der Waals surface area contributed by atoms with Crippen LogP contribution in [0.3, 0.4) is 0 Å². The molecule has 0 N–H and O–H groups in total. The summed E-state index contributed by atoms with van der Waals surface area (Å²) in [6.45, 7) is 0. The van der Waals surface area contributed by atoms with Gasteiger partial charge in [-0.25, -0.2) is 4.39 Å². The zero-order valence-corrected chi connectivity index (χ0v) is 8.77. The SMILES string of the molecule is O=C/C=C(\Cl)c1ccc(Br)cc1F. The van der Waals surface area contributed by atoms with Crippen LogP contribution in [0.1, 0.15) is 5.56 Å². The van der Waals surface area contributed by atoms with Gasteiger partial charge in [0.2, 0.25) is 0 Å². The van der Waals surface area contributed by atoms with Crippen molar-refractivity contribution in [2.45, 2.75) is 0 Å². The second-order valence-electron chi connectivity index (χ2n) is 2.27. The minimum Gasteiger partial charge on any atom is -0.299 e. The second-order valence-corrected chi connectivity index (χ2v) is 3.60. The highest BCUT2D eigenvalue weighted by Gasteiger charge is 2.05. The Morgan fingerprint density at radius 2 is 2.23 bits per heavy atom. The van der Waals surface area contributed by atoms with Crippen molar-refractivity contribution in [3.63, 3.8) is 0 Å². The molecule has 0 amide bonds. The molecule has 1 rings (SSSR count). The third-order valence-electron chi connectivity index (χ3n) is 1.40. The molecule has 1 aromatic rings. The molecule has 4 heteroatoms. The first-order chi connectivity index (χ1) is 6.15. The summed E-state index contributed by atoms with van der Waals surface area (Å²) in [5, 5.41) is 0.0972. The quantitative estimate of drug-likeness (QED) is 0.590. The van der Waals surface area contributed by atoms with Crippen molar-refractivity contribution in [3.05, 3.63) is 40.1 Å². The van der Waals surface area contributed by atoms with Gasteiger partial charge in [0.1, 0.15) is 12.1 Å². The van der Waals surface area contributed by atoms with Gasteiger partial charge >= 0.3 is 0 Å². The largest absolute Gasteiger partial charge is 0.299 e. The average Bonchev–Trinajstić information content (AvgIpc) is 2.04. The Kier molecular flexibility index (Phi) is 3.63. The molecule has 0 saturated carbocycles. The van der Waals surface area contributed by atoms with Crippen molar-refractivity contribution < 1.29 is 9.18 Å². The van der Waals surface area contributed by atoms with E-state index in [2.05, 4.69) is 15.9 Å². The second kappa shape index (κ2) is 4.53. The zero-order valence-electron chi connectivity index (χ0n) is 6.43. The molecular formula is C9H5BrClFO. The van der Waals surface area contributed by atoms with Crippen LogP contribution >= 0.6 is 27.5 Å². The Labute approximate surface area is 88.3 Å². The summed E-state index contributed by atoms with van der Waals surface area (Å²) in [4.78, 5) is 10.1. The molecule has 0 spiro atoms. The van der Waals surface area contributed by atoms with Gasteiger partial charge in [0.15, 0.2) is 0 Å². The number of hydrogen-bond acceptors (Lipinski definition) is 1. The Bertz CT molecular complexity index is 363. The maximum Gasteiger partial charge on any atom is 0.144 e. The van der Waals surface area contributed by atoms with E-state index < -0.39 is 5.82 Å². The highest BCUT2D eigenvalue weighted by atomic mass is 79.9. The number of hydrogen-bond donors (Lipinski definition) is 0. The van der Waals surface area contributed by atoms with Crippen molar-refractivity contribution in [1.29, 1.82) is 0 Å². The Morgan fingerprint density at radius 1 is 1.54 bits per heavy atom. The maximum atomic E-state index is 13.2. The number of benzene rings is 1.